The Hall–Kier alpha value is -2.26. The number of sulfone groups is 1. The van der Waals surface area contributed by atoms with Crippen LogP contribution in [0, 0.1) is 27.7 Å². The van der Waals surface area contributed by atoms with Crippen LogP contribution in [0.4, 0.5) is 0 Å². The summed E-state index contributed by atoms with van der Waals surface area (Å²) in [5.74, 6) is -0.826. The minimum Gasteiger partial charge on any atom is -0.457 e. The first-order valence-corrected chi connectivity index (χ1v) is 12.8. The highest BCUT2D eigenvalue weighted by molar-refractivity contribution is 7.91. The first kappa shape index (κ1) is 23.4. The van der Waals surface area contributed by atoms with Crippen LogP contribution in [-0.2, 0) is 19.4 Å². The number of esters is 1. The van der Waals surface area contributed by atoms with Gasteiger partial charge in [-0.15, -0.1) is 11.3 Å². The highest BCUT2D eigenvalue weighted by Gasteiger charge is 2.31. The average Bonchev–Trinajstić information content (AvgIpc) is 3.31. The standard InChI is InChI=1S/C22H27NO6S2/c1-13-9-18(15(3)23(13)17-7-8-31(27,28)12-17)21(25)11-29-22(26)6-5-20(24)19-10-14(2)30-16(19)4/h9-10,17H,5-8,11-12H2,1-4H3. The zero-order chi connectivity index (χ0) is 22.9. The maximum Gasteiger partial charge on any atom is 0.306 e. The van der Waals surface area contributed by atoms with Crippen LogP contribution in [0.1, 0.15) is 67.2 Å². The highest BCUT2D eigenvalue weighted by atomic mass is 32.2. The topological polar surface area (TPSA) is 99.5 Å². The Bertz CT molecular complexity index is 1140. The highest BCUT2D eigenvalue weighted by Crippen LogP contribution is 2.29. The second kappa shape index (κ2) is 9.08. The van der Waals surface area contributed by atoms with Gasteiger partial charge in [-0.3, -0.25) is 14.4 Å². The molecule has 0 radical (unpaired) electrons. The molecule has 0 bridgehead atoms. The van der Waals surface area contributed by atoms with Crippen LogP contribution in [0.25, 0.3) is 0 Å². The lowest BCUT2D eigenvalue weighted by Crippen LogP contribution is -2.17. The van der Waals surface area contributed by atoms with E-state index < -0.39 is 22.4 Å². The van der Waals surface area contributed by atoms with Crippen molar-refractivity contribution in [1.29, 1.82) is 0 Å². The van der Waals surface area contributed by atoms with Crippen LogP contribution < -0.4 is 0 Å². The van der Waals surface area contributed by atoms with E-state index in [1.54, 1.807) is 13.0 Å². The van der Waals surface area contributed by atoms with E-state index >= 15 is 0 Å². The third-order valence-electron chi connectivity index (χ3n) is 5.62. The maximum absolute atomic E-state index is 12.6. The Morgan fingerprint density at radius 3 is 2.35 bits per heavy atom. The molecule has 1 atom stereocenters. The van der Waals surface area contributed by atoms with Crippen LogP contribution in [0.3, 0.4) is 0 Å². The fourth-order valence-corrected chi connectivity index (χ4v) is 6.80. The lowest BCUT2D eigenvalue weighted by Gasteiger charge is -2.16. The zero-order valence-electron chi connectivity index (χ0n) is 18.2. The molecule has 0 aliphatic carbocycles. The van der Waals surface area contributed by atoms with Gasteiger partial charge in [0.05, 0.1) is 17.9 Å². The summed E-state index contributed by atoms with van der Waals surface area (Å²) in [5.41, 5.74) is 2.54. The van der Waals surface area contributed by atoms with Gasteiger partial charge in [-0.05, 0) is 46.2 Å². The van der Waals surface area contributed by atoms with Gasteiger partial charge in [0.2, 0.25) is 5.78 Å². The van der Waals surface area contributed by atoms with E-state index in [1.165, 1.54) is 11.3 Å². The predicted molar refractivity (Wildman–Crippen MR) is 119 cm³/mol. The average molecular weight is 466 g/mol. The summed E-state index contributed by atoms with van der Waals surface area (Å²) < 4.78 is 30.6. The predicted octanol–water partition coefficient (Wildman–Crippen LogP) is 3.53. The monoisotopic (exact) mass is 465 g/mol. The van der Waals surface area contributed by atoms with Crippen molar-refractivity contribution in [3.8, 4) is 0 Å². The van der Waals surface area contributed by atoms with Gasteiger partial charge in [-0.2, -0.15) is 0 Å². The smallest absolute Gasteiger partial charge is 0.306 e. The lowest BCUT2D eigenvalue weighted by molar-refractivity contribution is -0.142. The van der Waals surface area contributed by atoms with E-state index in [4.69, 9.17) is 4.74 Å². The van der Waals surface area contributed by atoms with Crippen LogP contribution in [0.15, 0.2) is 12.1 Å². The molecule has 0 N–H and O–H groups in total. The third-order valence-corrected chi connectivity index (χ3v) is 8.34. The van der Waals surface area contributed by atoms with E-state index in [0.717, 1.165) is 15.4 Å². The molecule has 0 saturated carbocycles. The fourth-order valence-electron chi connectivity index (χ4n) is 4.15. The molecular formula is C22H27NO6S2. The summed E-state index contributed by atoms with van der Waals surface area (Å²) >= 11 is 1.54. The van der Waals surface area contributed by atoms with Crippen LogP contribution in [0.5, 0.6) is 0 Å². The first-order chi connectivity index (χ1) is 14.5. The zero-order valence-corrected chi connectivity index (χ0v) is 19.8. The van der Waals surface area contributed by atoms with Crippen molar-refractivity contribution in [1.82, 2.24) is 4.57 Å². The Labute approximate surface area is 186 Å². The van der Waals surface area contributed by atoms with Gasteiger partial charge in [-0.1, -0.05) is 0 Å². The largest absolute Gasteiger partial charge is 0.457 e. The quantitative estimate of drug-likeness (QED) is 0.437. The normalized spacial score (nSPS) is 17.6. The van der Waals surface area contributed by atoms with Gasteiger partial charge in [0.1, 0.15) is 0 Å². The van der Waals surface area contributed by atoms with Crippen molar-refractivity contribution >= 4 is 38.7 Å². The van der Waals surface area contributed by atoms with E-state index in [0.29, 0.717) is 23.2 Å². The summed E-state index contributed by atoms with van der Waals surface area (Å²) in [6, 6.07) is 3.36. The van der Waals surface area contributed by atoms with Gasteiger partial charge in [0.25, 0.3) is 0 Å². The maximum atomic E-state index is 12.6. The molecule has 0 spiro atoms. The SMILES string of the molecule is Cc1cc(C(=O)CCC(=O)OCC(=O)c2cc(C)n(C3CCS(=O)(=O)C3)c2C)c(C)s1. The molecule has 3 rings (SSSR count). The molecular weight excluding hydrogens is 438 g/mol. The number of hydrogen-bond donors (Lipinski definition) is 0. The van der Waals surface area contributed by atoms with Crippen molar-refractivity contribution in [2.45, 2.75) is 53.0 Å². The Kier molecular flexibility index (Phi) is 6.85. The molecule has 1 aliphatic heterocycles. The second-order valence-electron chi connectivity index (χ2n) is 8.05. The van der Waals surface area contributed by atoms with E-state index in [-0.39, 0.29) is 42.0 Å². The van der Waals surface area contributed by atoms with Crippen LogP contribution in [0.2, 0.25) is 0 Å². The number of nitrogens with zero attached hydrogens (tertiary/aromatic N) is 1. The lowest BCUT2D eigenvalue weighted by atomic mass is 10.1. The number of hydrogen-bond acceptors (Lipinski definition) is 7. The number of ketones is 2. The molecule has 2 aromatic rings. The van der Waals surface area contributed by atoms with Crippen molar-refractivity contribution < 1.29 is 27.5 Å². The Balaban J connectivity index is 1.56. The van der Waals surface area contributed by atoms with Crippen molar-refractivity contribution in [3.63, 3.8) is 0 Å². The van der Waals surface area contributed by atoms with Gasteiger partial charge < -0.3 is 9.30 Å². The van der Waals surface area contributed by atoms with Crippen LogP contribution in [-0.4, -0.2) is 48.6 Å². The number of rotatable bonds is 8. The van der Waals surface area contributed by atoms with E-state index in [9.17, 15) is 22.8 Å². The fraction of sp³-hybridized carbons (Fsp3) is 0.500. The van der Waals surface area contributed by atoms with Gasteiger partial charge in [0, 0.05) is 44.7 Å². The summed E-state index contributed by atoms with van der Waals surface area (Å²) in [6.45, 7) is 7.00. The molecule has 7 nitrogen and oxygen atoms in total. The summed E-state index contributed by atoms with van der Waals surface area (Å²) in [4.78, 5) is 38.9. The summed E-state index contributed by atoms with van der Waals surface area (Å²) in [6.07, 6.45) is 0.479. The van der Waals surface area contributed by atoms with Crippen LogP contribution >= 0.6 is 11.3 Å². The van der Waals surface area contributed by atoms with Gasteiger partial charge in [0.15, 0.2) is 22.2 Å². The minimum atomic E-state index is -3.05. The van der Waals surface area contributed by atoms with Gasteiger partial charge >= 0.3 is 5.97 Å². The number of carbonyl (C=O) groups is 3. The first-order valence-electron chi connectivity index (χ1n) is 10.2. The molecule has 1 saturated heterocycles. The Morgan fingerprint density at radius 2 is 1.77 bits per heavy atom. The minimum absolute atomic E-state index is 0.0364. The molecule has 1 aliphatic rings. The van der Waals surface area contributed by atoms with Crippen molar-refractivity contribution in [2.24, 2.45) is 0 Å². The molecule has 9 heteroatoms. The summed E-state index contributed by atoms with van der Waals surface area (Å²) in [7, 11) is -3.05. The molecule has 3 heterocycles. The number of aryl methyl sites for hydroxylation is 3. The molecule has 2 aromatic heterocycles. The Morgan fingerprint density at radius 1 is 1.06 bits per heavy atom. The number of ether oxygens (including phenoxy) is 1. The van der Waals surface area contributed by atoms with E-state index in [1.807, 2.05) is 31.4 Å². The third kappa shape index (κ3) is 5.33. The molecule has 168 valence electrons. The number of Topliss-reactive ketones (excluding diaryl/α,β-unsaturated/α-hetero) is 2. The molecule has 1 unspecified atom stereocenters. The molecule has 31 heavy (non-hydrogen) atoms. The second-order valence-corrected chi connectivity index (χ2v) is 11.7. The van der Waals surface area contributed by atoms with Gasteiger partial charge in [-0.25, -0.2) is 8.42 Å². The number of thiophene rings is 1. The van der Waals surface area contributed by atoms with Crippen molar-refractivity contribution in [3.05, 3.63) is 44.4 Å². The molecule has 0 aromatic carbocycles. The molecule has 0 amide bonds. The number of carbonyl (C=O) groups excluding carboxylic acids is 3. The molecule has 1 fully saturated rings. The van der Waals surface area contributed by atoms with Crippen molar-refractivity contribution in [2.75, 3.05) is 18.1 Å². The number of aromatic nitrogens is 1. The van der Waals surface area contributed by atoms with E-state index in [2.05, 4.69) is 0 Å². The summed E-state index contributed by atoms with van der Waals surface area (Å²) in [5, 5.41) is 0.